The number of aromatic nitrogens is 1. The van der Waals surface area contributed by atoms with Crippen molar-refractivity contribution >= 4 is 27.3 Å². The molecule has 0 atom stereocenters. The molecule has 0 aliphatic heterocycles. The van der Waals surface area contributed by atoms with E-state index in [4.69, 9.17) is 0 Å². The second-order valence-corrected chi connectivity index (χ2v) is 5.25. The second kappa shape index (κ2) is 6.16. The van der Waals surface area contributed by atoms with Crippen molar-refractivity contribution < 1.29 is 0 Å². The minimum Gasteiger partial charge on any atom is -0.250 e. The van der Waals surface area contributed by atoms with Crippen molar-refractivity contribution in [3.05, 3.63) is 52.0 Å². The van der Waals surface area contributed by atoms with Gasteiger partial charge in [-0.25, -0.2) is 4.98 Å². The van der Waals surface area contributed by atoms with Gasteiger partial charge in [0.1, 0.15) is 0 Å². The summed E-state index contributed by atoms with van der Waals surface area (Å²) in [5, 5.41) is 3.16. The molecule has 1 nitrogen and oxygen atoms in total. The van der Waals surface area contributed by atoms with E-state index in [1.807, 2.05) is 5.51 Å². The first-order valence-corrected chi connectivity index (χ1v) is 7.46. The summed E-state index contributed by atoms with van der Waals surface area (Å²) in [5.41, 5.74) is 5.89. The zero-order chi connectivity index (χ0) is 11.2. The highest BCUT2D eigenvalue weighted by atomic mass is 79.9. The number of rotatable bonds is 5. The van der Waals surface area contributed by atoms with E-state index in [1.54, 1.807) is 11.3 Å². The van der Waals surface area contributed by atoms with Crippen molar-refractivity contribution in [1.82, 2.24) is 4.98 Å². The molecule has 2 aromatic rings. The molecule has 16 heavy (non-hydrogen) atoms. The molecule has 0 spiro atoms. The minimum atomic E-state index is 1.03. The highest BCUT2D eigenvalue weighted by Crippen LogP contribution is 2.10. The van der Waals surface area contributed by atoms with Gasteiger partial charge >= 0.3 is 0 Å². The van der Waals surface area contributed by atoms with E-state index in [-0.39, 0.29) is 0 Å². The van der Waals surface area contributed by atoms with Crippen molar-refractivity contribution in [1.29, 1.82) is 0 Å². The van der Waals surface area contributed by atoms with E-state index in [1.165, 1.54) is 16.8 Å². The predicted molar refractivity (Wildman–Crippen MR) is 73.5 cm³/mol. The second-order valence-electron chi connectivity index (χ2n) is 3.74. The van der Waals surface area contributed by atoms with Crippen LogP contribution in [0.3, 0.4) is 0 Å². The van der Waals surface area contributed by atoms with Crippen LogP contribution in [-0.4, -0.2) is 10.3 Å². The number of alkyl halides is 1. The van der Waals surface area contributed by atoms with Gasteiger partial charge in [0.05, 0.1) is 11.2 Å². The van der Waals surface area contributed by atoms with Crippen LogP contribution in [0.25, 0.3) is 0 Å². The molecule has 0 saturated carbocycles. The lowest BCUT2D eigenvalue weighted by Crippen LogP contribution is -1.92. The molecule has 0 aliphatic carbocycles. The van der Waals surface area contributed by atoms with Crippen molar-refractivity contribution in [3.8, 4) is 0 Å². The van der Waals surface area contributed by atoms with Crippen molar-refractivity contribution in [3.63, 3.8) is 0 Å². The maximum atomic E-state index is 4.29. The van der Waals surface area contributed by atoms with Gasteiger partial charge in [0, 0.05) is 10.7 Å². The van der Waals surface area contributed by atoms with Gasteiger partial charge in [0.25, 0.3) is 0 Å². The Morgan fingerprint density at radius 1 is 1.00 bits per heavy atom. The molecule has 0 saturated heterocycles. The van der Waals surface area contributed by atoms with Gasteiger partial charge in [0.2, 0.25) is 0 Å². The van der Waals surface area contributed by atoms with Gasteiger partial charge in [-0.2, -0.15) is 0 Å². The molecule has 0 aliphatic rings. The Balaban J connectivity index is 1.90. The average molecular weight is 296 g/mol. The maximum Gasteiger partial charge on any atom is 0.0794 e. The molecule has 2 rings (SSSR count). The van der Waals surface area contributed by atoms with Crippen LogP contribution in [0.15, 0.2) is 35.2 Å². The molecule has 0 N–H and O–H groups in total. The standard InChI is InChI=1S/C13H14BrNS/c14-8-7-12-3-1-11(2-4-12)5-6-13-9-16-10-15-13/h1-4,9-10H,5-8H2. The number of thiazole rings is 1. The van der Waals surface area contributed by atoms with E-state index >= 15 is 0 Å². The summed E-state index contributed by atoms with van der Waals surface area (Å²) in [4.78, 5) is 4.29. The van der Waals surface area contributed by atoms with Crippen molar-refractivity contribution in [2.45, 2.75) is 19.3 Å². The van der Waals surface area contributed by atoms with Crippen LogP contribution in [0.2, 0.25) is 0 Å². The summed E-state index contributed by atoms with van der Waals surface area (Å²) in [6.45, 7) is 0. The monoisotopic (exact) mass is 295 g/mol. The Hall–Kier alpha value is -0.670. The Labute approximate surface area is 109 Å². The number of halogens is 1. The number of hydrogen-bond donors (Lipinski definition) is 0. The molecular formula is C13H14BrNS. The molecule has 0 amide bonds. The zero-order valence-electron chi connectivity index (χ0n) is 9.03. The molecule has 3 heteroatoms. The zero-order valence-corrected chi connectivity index (χ0v) is 11.4. The first-order valence-electron chi connectivity index (χ1n) is 5.39. The van der Waals surface area contributed by atoms with Gasteiger partial charge in [-0.3, -0.25) is 0 Å². The molecule has 84 valence electrons. The number of nitrogens with zero attached hydrogens (tertiary/aromatic N) is 1. The van der Waals surface area contributed by atoms with Crippen LogP contribution in [0.5, 0.6) is 0 Å². The molecule has 0 unspecified atom stereocenters. The smallest absolute Gasteiger partial charge is 0.0794 e. The van der Waals surface area contributed by atoms with Gasteiger partial charge < -0.3 is 0 Å². The van der Waals surface area contributed by atoms with Crippen LogP contribution in [0, 0.1) is 0 Å². The molecule has 0 fully saturated rings. The molecule has 1 heterocycles. The summed E-state index contributed by atoms with van der Waals surface area (Å²) in [7, 11) is 0. The molecular weight excluding hydrogens is 282 g/mol. The van der Waals surface area contributed by atoms with E-state index in [0.717, 1.165) is 24.6 Å². The van der Waals surface area contributed by atoms with Crippen LogP contribution < -0.4 is 0 Å². The minimum absolute atomic E-state index is 1.03. The Bertz CT molecular complexity index is 408. The van der Waals surface area contributed by atoms with Gasteiger partial charge in [-0.1, -0.05) is 40.2 Å². The van der Waals surface area contributed by atoms with Gasteiger partial charge in [-0.05, 0) is 30.4 Å². The van der Waals surface area contributed by atoms with E-state index < -0.39 is 0 Å². The lowest BCUT2D eigenvalue weighted by atomic mass is 10.1. The van der Waals surface area contributed by atoms with Crippen LogP contribution >= 0.6 is 27.3 Å². The lowest BCUT2D eigenvalue weighted by molar-refractivity contribution is 0.924. The third-order valence-electron chi connectivity index (χ3n) is 2.56. The number of aryl methyl sites for hydroxylation is 3. The predicted octanol–water partition coefficient (Wildman–Crippen LogP) is 3.87. The summed E-state index contributed by atoms with van der Waals surface area (Å²) in [5.74, 6) is 0. The quantitative estimate of drug-likeness (QED) is 0.763. The van der Waals surface area contributed by atoms with Crippen molar-refractivity contribution in [2.75, 3.05) is 5.33 Å². The summed E-state index contributed by atoms with van der Waals surface area (Å²) in [6, 6.07) is 8.89. The fourth-order valence-electron chi connectivity index (χ4n) is 1.62. The van der Waals surface area contributed by atoms with Crippen molar-refractivity contribution in [2.24, 2.45) is 0 Å². The molecule has 0 bridgehead atoms. The fourth-order valence-corrected chi connectivity index (χ4v) is 2.67. The highest BCUT2D eigenvalue weighted by molar-refractivity contribution is 9.09. The average Bonchev–Trinajstić information content (AvgIpc) is 2.82. The lowest BCUT2D eigenvalue weighted by Gasteiger charge is -2.02. The van der Waals surface area contributed by atoms with E-state index in [0.29, 0.717) is 0 Å². The van der Waals surface area contributed by atoms with E-state index in [9.17, 15) is 0 Å². The summed E-state index contributed by atoms with van der Waals surface area (Å²) < 4.78 is 0. The van der Waals surface area contributed by atoms with Crippen LogP contribution in [0.4, 0.5) is 0 Å². The molecule has 1 aromatic heterocycles. The largest absolute Gasteiger partial charge is 0.250 e. The Morgan fingerprint density at radius 3 is 2.25 bits per heavy atom. The Kier molecular flexibility index (Phi) is 4.55. The van der Waals surface area contributed by atoms with Crippen LogP contribution in [-0.2, 0) is 19.3 Å². The normalized spacial score (nSPS) is 10.6. The third kappa shape index (κ3) is 3.42. The van der Waals surface area contributed by atoms with Gasteiger partial charge in [0.15, 0.2) is 0 Å². The maximum absolute atomic E-state index is 4.29. The van der Waals surface area contributed by atoms with Crippen LogP contribution in [0.1, 0.15) is 16.8 Å². The fraction of sp³-hybridized carbons (Fsp3) is 0.308. The Morgan fingerprint density at radius 2 is 1.69 bits per heavy atom. The first-order chi connectivity index (χ1) is 7.88. The number of benzene rings is 1. The van der Waals surface area contributed by atoms with E-state index in [2.05, 4.69) is 50.6 Å². The summed E-state index contributed by atoms with van der Waals surface area (Å²) in [6.07, 6.45) is 3.23. The third-order valence-corrected chi connectivity index (χ3v) is 3.59. The highest BCUT2D eigenvalue weighted by Gasteiger charge is 1.98. The topological polar surface area (TPSA) is 12.9 Å². The summed E-state index contributed by atoms with van der Waals surface area (Å²) >= 11 is 5.12. The first kappa shape index (κ1) is 11.8. The number of hydrogen-bond acceptors (Lipinski definition) is 2. The van der Waals surface area contributed by atoms with Gasteiger partial charge in [-0.15, -0.1) is 11.3 Å². The SMILES string of the molecule is BrCCc1ccc(CCc2cscn2)cc1. The molecule has 0 radical (unpaired) electrons. The molecule has 1 aromatic carbocycles.